The molecule has 0 aromatic carbocycles. The van der Waals surface area contributed by atoms with Gasteiger partial charge in [-0.2, -0.15) is 0 Å². The maximum Gasteiger partial charge on any atom is 0.0981 e. The molecule has 1 aliphatic rings. The highest BCUT2D eigenvalue weighted by Gasteiger charge is 2.28. The largest absolute Gasteiger partial charge is 0.389 e. The lowest BCUT2D eigenvalue weighted by molar-refractivity contribution is 0.00472. The van der Waals surface area contributed by atoms with Crippen molar-refractivity contribution in [3.05, 3.63) is 16.1 Å². The Labute approximate surface area is 120 Å². The molecule has 1 aromatic heterocycles. The third-order valence-electron chi connectivity index (χ3n) is 3.73. The zero-order valence-electron chi connectivity index (χ0n) is 12.3. The number of rotatable bonds is 4. The molecule has 0 amide bonds. The van der Waals surface area contributed by atoms with Crippen LogP contribution in [0.2, 0.25) is 0 Å². The first kappa shape index (κ1) is 14.9. The molecule has 1 saturated carbocycles. The molecule has 0 radical (unpaired) electrons. The van der Waals surface area contributed by atoms with Crippen molar-refractivity contribution < 1.29 is 5.11 Å². The first-order valence-electron chi connectivity index (χ1n) is 7.27. The SMILES string of the molecule is CC(C)(C)c1ncc(CNCC2(O)CCCCC2)s1. The number of thiazole rings is 1. The Morgan fingerprint density at radius 2 is 2.00 bits per heavy atom. The van der Waals surface area contributed by atoms with Crippen molar-refractivity contribution in [2.24, 2.45) is 0 Å². The maximum atomic E-state index is 10.4. The average molecular weight is 282 g/mol. The molecule has 1 fully saturated rings. The summed E-state index contributed by atoms with van der Waals surface area (Å²) in [5, 5.41) is 15.0. The Morgan fingerprint density at radius 3 is 2.58 bits per heavy atom. The maximum absolute atomic E-state index is 10.4. The van der Waals surface area contributed by atoms with Gasteiger partial charge in [-0.25, -0.2) is 4.98 Å². The average Bonchev–Trinajstić information content (AvgIpc) is 2.78. The summed E-state index contributed by atoms with van der Waals surface area (Å²) in [6.45, 7) is 8.08. The minimum absolute atomic E-state index is 0.129. The fraction of sp³-hybridized carbons (Fsp3) is 0.800. The fourth-order valence-electron chi connectivity index (χ4n) is 2.54. The van der Waals surface area contributed by atoms with Crippen molar-refractivity contribution in [2.45, 2.75) is 70.4 Å². The Hall–Kier alpha value is -0.450. The van der Waals surface area contributed by atoms with Crippen LogP contribution in [-0.2, 0) is 12.0 Å². The van der Waals surface area contributed by atoms with Crippen molar-refractivity contribution in [1.29, 1.82) is 0 Å². The van der Waals surface area contributed by atoms with Gasteiger partial charge in [0.15, 0.2) is 0 Å². The summed E-state index contributed by atoms with van der Waals surface area (Å²) < 4.78 is 0. The van der Waals surface area contributed by atoms with Crippen molar-refractivity contribution in [2.75, 3.05) is 6.54 Å². The van der Waals surface area contributed by atoms with Crippen molar-refractivity contribution in [3.8, 4) is 0 Å². The van der Waals surface area contributed by atoms with Crippen LogP contribution in [0.4, 0.5) is 0 Å². The first-order chi connectivity index (χ1) is 8.89. The second kappa shape index (κ2) is 5.90. The Morgan fingerprint density at radius 1 is 1.32 bits per heavy atom. The van der Waals surface area contributed by atoms with E-state index in [9.17, 15) is 5.11 Å². The second-order valence-corrected chi connectivity index (χ2v) is 7.89. The summed E-state index contributed by atoms with van der Waals surface area (Å²) in [6, 6.07) is 0. The fourth-order valence-corrected chi connectivity index (χ4v) is 3.48. The topological polar surface area (TPSA) is 45.2 Å². The first-order valence-corrected chi connectivity index (χ1v) is 8.09. The van der Waals surface area contributed by atoms with Gasteiger partial charge in [-0.05, 0) is 12.8 Å². The monoisotopic (exact) mass is 282 g/mol. The summed E-state index contributed by atoms with van der Waals surface area (Å²) in [6.07, 6.45) is 7.43. The van der Waals surface area contributed by atoms with Gasteiger partial charge in [-0.1, -0.05) is 40.0 Å². The molecule has 0 saturated heterocycles. The van der Waals surface area contributed by atoms with Gasteiger partial charge >= 0.3 is 0 Å². The molecule has 1 heterocycles. The molecule has 1 aromatic rings. The lowest BCUT2D eigenvalue weighted by Crippen LogP contribution is -2.41. The van der Waals surface area contributed by atoms with Crippen LogP contribution in [-0.4, -0.2) is 22.2 Å². The number of hydrogen-bond donors (Lipinski definition) is 2. The molecule has 0 unspecified atom stereocenters. The molecule has 108 valence electrons. The smallest absolute Gasteiger partial charge is 0.0981 e. The van der Waals surface area contributed by atoms with E-state index in [-0.39, 0.29) is 5.41 Å². The van der Waals surface area contributed by atoms with E-state index < -0.39 is 5.60 Å². The van der Waals surface area contributed by atoms with Crippen molar-refractivity contribution in [3.63, 3.8) is 0 Å². The van der Waals surface area contributed by atoms with Crippen LogP contribution in [0.25, 0.3) is 0 Å². The van der Waals surface area contributed by atoms with E-state index in [0.717, 1.165) is 32.2 Å². The number of nitrogens with one attached hydrogen (secondary N) is 1. The van der Waals surface area contributed by atoms with E-state index in [1.54, 1.807) is 11.3 Å². The van der Waals surface area contributed by atoms with Gasteiger partial charge in [-0.3, -0.25) is 0 Å². The Bertz CT molecular complexity index is 403. The zero-order chi connectivity index (χ0) is 13.9. The predicted molar refractivity (Wildman–Crippen MR) is 80.6 cm³/mol. The molecule has 0 bridgehead atoms. The molecular weight excluding hydrogens is 256 g/mol. The van der Waals surface area contributed by atoms with E-state index in [4.69, 9.17) is 0 Å². The van der Waals surface area contributed by atoms with E-state index >= 15 is 0 Å². The molecular formula is C15H26N2OS. The highest BCUT2D eigenvalue weighted by atomic mass is 32.1. The molecule has 0 aliphatic heterocycles. The second-order valence-electron chi connectivity index (χ2n) is 6.77. The molecule has 1 aliphatic carbocycles. The minimum Gasteiger partial charge on any atom is -0.389 e. The predicted octanol–water partition coefficient (Wildman–Crippen LogP) is 3.23. The zero-order valence-corrected chi connectivity index (χ0v) is 13.1. The number of hydrogen-bond acceptors (Lipinski definition) is 4. The van der Waals surface area contributed by atoms with Crippen LogP contribution in [0.15, 0.2) is 6.20 Å². The number of nitrogens with zero attached hydrogens (tertiary/aromatic N) is 1. The van der Waals surface area contributed by atoms with Crippen LogP contribution in [0.5, 0.6) is 0 Å². The summed E-state index contributed by atoms with van der Waals surface area (Å²) in [7, 11) is 0. The highest BCUT2D eigenvalue weighted by Crippen LogP contribution is 2.28. The van der Waals surface area contributed by atoms with Gasteiger partial charge in [0.25, 0.3) is 0 Å². The van der Waals surface area contributed by atoms with Crippen LogP contribution < -0.4 is 5.32 Å². The summed E-state index contributed by atoms with van der Waals surface area (Å²) in [5.41, 5.74) is -0.347. The molecule has 0 atom stereocenters. The van der Waals surface area contributed by atoms with Gasteiger partial charge in [0, 0.05) is 29.6 Å². The molecule has 2 N–H and O–H groups in total. The van der Waals surface area contributed by atoms with Gasteiger partial charge in [0.05, 0.1) is 10.6 Å². The number of aromatic nitrogens is 1. The third kappa shape index (κ3) is 4.26. The van der Waals surface area contributed by atoms with E-state index in [1.807, 2.05) is 6.20 Å². The van der Waals surface area contributed by atoms with E-state index in [0.29, 0.717) is 6.54 Å². The normalized spacial score (nSPS) is 19.6. The summed E-state index contributed by atoms with van der Waals surface area (Å²) in [4.78, 5) is 5.74. The molecule has 0 spiro atoms. The summed E-state index contributed by atoms with van der Waals surface area (Å²) >= 11 is 1.77. The summed E-state index contributed by atoms with van der Waals surface area (Å²) in [5.74, 6) is 0. The lowest BCUT2D eigenvalue weighted by Gasteiger charge is -2.32. The Balaban J connectivity index is 1.81. The van der Waals surface area contributed by atoms with Crippen LogP contribution in [0.3, 0.4) is 0 Å². The van der Waals surface area contributed by atoms with Gasteiger partial charge < -0.3 is 10.4 Å². The van der Waals surface area contributed by atoms with Gasteiger partial charge in [0.2, 0.25) is 0 Å². The Kier molecular flexibility index (Phi) is 4.64. The molecule has 2 rings (SSSR count). The minimum atomic E-state index is -0.476. The van der Waals surface area contributed by atoms with E-state index in [1.165, 1.54) is 16.3 Å². The van der Waals surface area contributed by atoms with Gasteiger partial charge in [0.1, 0.15) is 0 Å². The van der Waals surface area contributed by atoms with Gasteiger partial charge in [-0.15, -0.1) is 11.3 Å². The van der Waals surface area contributed by atoms with Crippen LogP contribution in [0, 0.1) is 0 Å². The molecule has 19 heavy (non-hydrogen) atoms. The van der Waals surface area contributed by atoms with Crippen LogP contribution >= 0.6 is 11.3 Å². The number of aliphatic hydroxyl groups is 1. The lowest BCUT2D eigenvalue weighted by atomic mass is 9.85. The van der Waals surface area contributed by atoms with E-state index in [2.05, 4.69) is 31.1 Å². The quantitative estimate of drug-likeness (QED) is 0.891. The highest BCUT2D eigenvalue weighted by molar-refractivity contribution is 7.11. The molecule has 3 nitrogen and oxygen atoms in total. The standard InChI is InChI=1S/C15H26N2OS/c1-14(2,3)13-17-10-12(19-13)9-16-11-15(18)7-5-4-6-8-15/h10,16,18H,4-9,11H2,1-3H3. The third-order valence-corrected chi connectivity index (χ3v) is 5.16. The van der Waals surface area contributed by atoms with Crippen LogP contribution in [0.1, 0.15) is 62.8 Å². The molecule has 4 heteroatoms. The van der Waals surface area contributed by atoms with Crippen molar-refractivity contribution >= 4 is 11.3 Å². The van der Waals surface area contributed by atoms with Crippen molar-refractivity contribution in [1.82, 2.24) is 10.3 Å².